The van der Waals surface area contributed by atoms with Crippen molar-refractivity contribution in [1.82, 2.24) is 5.32 Å². The monoisotopic (exact) mass is 562 g/mol. The van der Waals surface area contributed by atoms with Gasteiger partial charge in [-0.2, -0.15) is 0 Å². The van der Waals surface area contributed by atoms with Crippen molar-refractivity contribution in [3.05, 3.63) is 78.4 Å². The van der Waals surface area contributed by atoms with Crippen molar-refractivity contribution in [3.63, 3.8) is 0 Å². The lowest BCUT2D eigenvalue weighted by molar-refractivity contribution is -0.138. The first-order valence-corrected chi connectivity index (χ1v) is 14.9. The largest absolute Gasteiger partial charge is 0.480 e. The van der Waals surface area contributed by atoms with Crippen LogP contribution in [0, 0.1) is 5.92 Å². The molecular formula is C31H34N2O6S. The van der Waals surface area contributed by atoms with E-state index >= 15 is 0 Å². The van der Waals surface area contributed by atoms with E-state index in [-0.39, 0.29) is 18.2 Å². The number of hydrogen-bond acceptors (Lipinski definition) is 4. The zero-order chi connectivity index (χ0) is 28.1. The SMILES string of the molecule is O=C(NCCCCC(C(=O)O)N(c1ccc2oc3ccccc3c2c1)S(=O)O)C(c1ccccc1)C1CCCC1. The third-order valence-electron chi connectivity index (χ3n) is 7.87. The third-order valence-corrected chi connectivity index (χ3v) is 8.67. The summed E-state index contributed by atoms with van der Waals surface area (Å²) in [4.78, 5) is 25.4. The molecule has 0 radical (unpaired) electrons. The molecule has 4 aromatic rings. The van der Waals surface area contributed by atoms with Crippen LogP contribution in [0.15, 0.2) is 77.2 Å². The highest BCUT2D eigenvalue weighted by Gasteiger charge is 2.32. The minimum absolute atomic E-state index is 0.00612. The summed E-state index contributed by atoms with van der Waals surface area (Å²) in [6, 6.07) is 21.1. The molecule has 1 fully saturated rings. The number of unbranched alkanes of at least 4 members (excludes halogenated alkanes) is 1. The van der Waals surface area contributed by atoms with Crippen LogP contribution < -0.4 is 9.62 Å². The molecule has 1 heterocycles. The van der Waals surface area contributed by atoms with E-state index in [4.69, 9.17) is 4.42 Å². The fourth-order valence-corrected chi connectivity index (χ4v) is 6.65. The maximum atomic E-state index is 13.2. The van der Waals surface area contributed by atoms with E-state index in [1.165, 1.54) is 0 Å². The molecule has 3 aromatic carbocycles. The van der Waals surface area contributed by atoms with Gasteiger partial charge in [0.15, 0.2) is 0 Å². The Balaban J connectivity index is 1.23. The van der Waals surface area contributed by atoms with Crippen LogP contribution in [0.1, 0.15) is 56.4 Å². The second-order valence-corrected chi connectivity index (χ2v) is 11.3. The minimum atomic E-state index is -2.56. The summed E-state index contributed by atoms with van der Waals surface area (Å²) in [7, 11) is 0. The number of hydrogen-bond donors (Lipinski definition) is 3. The summed E-state index contributed by atoms with van der Waals surface area (Å²) in [5, 5.41) is 14.6. The van der Waals surface area contributed by atoms with E-state index in [2.05, 4.69) is 5.32 Å². The Kier molecular flexibility index (Phi) is 8.81. The highest BCUT2D eigenvalue weighted by molar-refractivity contribution is 7.80. The number of amides is 1. The predicted octanol–water partition coefficient (Wildman–Crippen LogP) is 6.24. The van der Waals surface area contributed by atoms with Gasteiger partial charge in [0, 0.05) is 17.3 Å². The van der Waals surface area contributed by atoms with E-state index in [0.717, 1.165) is 46.3 Å². The summed E-state index contributed by atoms with van der Waals surface area (Å²) in [5.74, 6) is -1.03. The van der Waals surface area contributed by atoms with Crippen molar-refractivity contribution in [2.24, 2.45) is 5.92 Å². The van der Waals surface area contributed by atoms with E-state index in [1.54, 1.807) is 18.2 Å². The number of anilines is 1. The van der Waals surface area contributed by atoms with Crippen LogP contribution in [0.4, 0.5) is 5.69 Å². The number of furan rings is 1. The number of carboxylic acid groups (broad SMARTS) is 1. The molecule has 40 heavy (non-hydrogen) atoms. The van der Waals surface area contributed by atoms with Gasteiger partial charge in [-0.15, -0.1) is 0 Å². The molecule has 1 aliphatic rings. The van der Waals surface area contributed by atoms with Gasteiger partial charge in [0.05, 0.1) is 11.6 Å². The van der Waals surface area contributed by atoms with Gasteiger partial charge in [-0.05, 0) is 67.9 Å². The fourth-order valence-electron chi connectivity index (χ4n) is 5.94. The zero-order valence-corrected chi connectivity index (χ0v) is 23.0. The Hall–Kier alpha value is -3.69. The lowest BCUT2D eigenvalue weighted by atomic mass is 9.84. The molecule has 0 aliphatic heterocycles. The Morgan fingerprint density at radius 3 is 2.38 bits per heavy atom. The highest BCUT2D eigenvalue weighted by atomic mass is 32.2. The molecule has 0 spiro atoms. The molecule has 9 heteroatoms. The molecule has 3 atom stereocenters. The van der Waals surface area contributed by atoms with Crippen LogP contribution in [0.25, 0.3) is 21.9 Å². The molecule has 8 nitrogen and oxygen atoms in total. The maximum Gasteiger partial charge on any atom is 0.327 e. The summed E-state index contributed by atoms with van der Waals surface area (Å²) in [5.41, 5.74) is 2.65. The quantitative estimate of drug-likeness (QED) is 0.139. The van der Waals surface area contributed by atoms with E-state index < -0.39 is 23.3 Å². The number of carbonyl (C=O) groups is 2. The smallest absolute Gasteiger partial charge is 0.327 e. The first kappa shape index (κ1) is 27.9. The molecule has 1 amide bonds. The summed E-state index contributed by atoms with van der Waals surface area (Å²) in [6.45, 7) is 0.413. The molecule has 1 aromatic heterocycles. The van der Waals surface area contributed by atoms with Crippen LogP contribution in [-0.2, 0) is 20.9 Å². The molecule has 3 unspecified atom stereocenters. The van der Waals surface area contributed by atoms with Gasteiger partial charge in [0.1, 0.15) is 17.2 Å². The van der Waals surface area contributed by atoms with Gasteiger partial charge in [-0.1, -0.05) is 61.4 Å². The second-order valence-electron chi connectivity index (χ2n) is 10.4. The van der Waals surface area contributed by atoms with Gasteiger partial charge >= 0.3 is 5.97 Å². The van der Waals surface area contributed by atoms with Crippen LogP contribution in [0.2, 0.25) is 0 Å². The average molecular weight is 563 g/mol. The molecule has 3 N–H and O–H groups in total. The lowest BCUT2D eigenvalue weighted by Crippen LogP contribution is -2.42. The first-order chi connectivity index (χ1) is 19.4. The molecule has 0 saturated heterocycles. The van der Waals surface area contributed by atoms with Crippen LogP contribution >= 0.6 is 0 Å². The second kappa shape index (κ2) is 12.7. The number of aliphatic carboxylic acids is 1. The van der Waals surface area contributed by atoms with Crippen molar-refractivity contribution in [1.29, 1.82) is 0 Å². The number of nitrogens with zero attached hydrogens (tertiary/aromatic N) is 1. The fraction of sp³-hybridized carbons (Fsp3) is 0.355. The van der Waals surface area contributed by atoms with Crippen LogP contribution in [0.5, 0.6) is 0 Å². The van der Waals surface area contributed by atoms with Gasteiger partial charge in [-0.3, -0.25) is 13.7 Å². The summed E-state index contributed by atoms with van der Waals surface area (Å²) >= 11 is -2.56. The highest BCUT2D eigenvalue weighted by Crippen LogP contribution is 2.37. The predicted molar refractivity (Wildman–Crippen MR) is 156 cm³/mol. The standard InChI is InChI=1S/C31H34N2O6S/c34-30(29(22-12-4-5-13-22)21-10-2-1-3-11-21)32-19-9-8-15-26(31(35)36)33(40(37)38)23-17-18-28-25(20-23)24-14-6-7-16-27(24)39-28/h1-3,6-7,10-11,14,16-18,20,22,26,29H,4-5,8-9,12-13,15,19H2,(H,32,34)(H,35,36)(H,37,38). The van der Waals surface area contributed by atoms with Crippen molar-refractivity contribution >= 4 is 50.8 Å². The number of carboxylic acids is 1. The lowest BCUT2D eigenvalue weighted by Gasteiger charge is -2.27. The molecule has 0 bridgehead atoms. The molecule has 1 aliphatic carbocycles. The number of carbonyl (C=O) groups excluding carboxylic acids is 1. The average Bonchev–Trinajstić information content (AvgIpc) is 3.60. The number of para-hydroxylation sites is 1. The van der Waals surface area contributed by atoms with Crippen molar-refractivity contribution in [3.8, 4) is 0 Å². The summed E-state index contributed by atoms with van der Waals surface area (Å²) < 4.78 is 29.4. The number of fused-ring (bicyclic) bond motifs is 3. The van der Waals surface area contributed by atoms with E-state index in [0.29, 0.717) is 42.2 Å². The van der Waals surface area contributed by atoms with Crippen molar-refractivity contribution in [2.45, 2.75) is 56.9 Å². The topological polar surface area (TPSA) is 120 Å². The van der Waals surface area contributed by atoms with Gasteiger partial charge in [0.25, 0.3) is 11.3 Å². The number of rotatable bonds is 12. The van der Waals surface area contributed by atoms with Gasteiger partial charge in [0.2, 0.25) is 5.91 Å². The Morgan fingerprint density at radius 2 is 1.65 bits per heavy atom. The molecule has 1 saturated carbocycles. The zero-order valence-electron chi connectivity index (χ0n) is 22.2. The number of nitrogens with one attached hydrogen (secondary N) is 1. The van der Waals surface area contributed by atoms with Crippen molar-refractivity contribution in [2.75, 3.05) is 10.8 Å². The van der Waals surface area contributed by atoms with E-state index in [9.17, 15) is 23.5 Å². The molecule has 5 rings (SSSR count). The van der Waals surface area contributed by atoms with Crippen LogP contribution in [0.3, 0.4) is 0 Å². The first-order valence-electron chi connectivity index (χ1n) is 13.8. The number of benzene rings is 3. The Morgan fingerprint density at radius 1 is 0.950 bits per heavy atom. The minimum Gasteiger partial charge on any atom is -0.480 e. The third kappa shape index (κ3) is 6.05. The van der Waals surface area contributed by atoms with Gasteiger partial charge < -0.3 is 14.8 Å². The van der Waals surface area contributed by atoms with E-state index in [1.807, 2.05) is 54.6 Å². The van der Waals surface area contributed by atoms with Gasteiger partial charge in [-0.25, -0.2) is 9.00 Å². The molecule has 210 valence electrons. The normalized spacial score (nSPS) is 16.1. The summed E-state index contributed by atoms with van der Waals surface area (Å²) in [6.07, 6.45) is 5.53. The van der Waals surface area contributed by atoms with Crippen molar-refractivity contribution < 1.29 is 27.9 Å². The Labute approximate surface area is 235 Å². The van der Waals surface area contributed by atoms with Crippen LogP contribution in [-0.4, -0.2) is 38.3 Å². The maximum absolute atomic E-state index is 13.2. The molecular weight excluding hydrogens is 528 g/mol. The Bertz CT molecular complexity index is 1500.